The Morgan fingerprint density at radius 2 is 1.89 bits per heavy atom. The van der Waals surface area contributed by atoms with Crippen LogP contribution >= 0.6 is 46.3 Å². The first-order valence-electron chi connectivity index (χ1n) is 5.41. The Hall–Kier alpha value is -0.190. The standard InChI is InChI=1S/C13H13Cl2NS2/c1-16-12(10-7-11(14)18-13(10)15)8-3-5-9(17-2)6-4-8/h3-7,12,16H,1-2H3. The largest absolute Gasteiger partial charge is 0.309 e. The number of rotatable bonds is 4. The van der Waals surface area contributed by atoms with Crippen molar-refractivity contribution in [1.29, 1.82) is 0 Å². The second-order valence-electron chi connectivity index (χ2n) is 3.77. The zero-order valence-electron chi connectivity index (χ0n) is 10.0. The van der Waals surface area contributed by atoms with Gasteiger partial charge in [0.1, 0.15) is 0 Å². The van der Waals surface area contributed by atoms with Gasteiger partial charge >= 0.3 is 0 Å². The van der Waals surface area contributed by atoms with E-state index in [0.717, 1.165) is 14.2 Å². The molecule has 0 spiro atoms. The Morgan fingerprint density at radius 1 is 1.22 bits per heavy atom. The lowest BCUT2D eigenvalue weighted by molar-refractivity contribution is 0.694. The minimum Gasteiger partial charge on any atom is -0.309 e. The molecule has 0 radical (unpaired) electrons. The maximum Gasteiger partial charge on any atom is 0.0995 e. The highest BCUT2D eigenvalue weighted by atomic mass is 35.5. The molecule has 0 aliphatic rings. The smallest absolute Gasteiger partial charge is 0.0995 e. The molecule has 0 saturated heterocycles. The van der Waals surface area contributed by atoms with E-state index in [-0.39, 0.29) is 6.04 Å². The second kappa shape index (κ2) is 6.31. The molecular formula is C13H13Cl2NS2. The quantitative estimate of drug-likeness (QED) is 0.789. The van der Waals surface area contributed by atoms with E-state index in [1.54, 1.807) is 11.8 Å². The summed E-state index contributed by atoms with van der Waals surface area (Å²) in [5.74, 6) is 0. The number of halogens is 2. The normalized spacial score (nSPS) is 12.7. The summed E-state index contributed by atoms with van der Waals surface area (Å²) in [6, 6.07) is 10.5. The number of thiophene rings is 1. The Kier molecular flexibility index (Phi) is 4.98. The number of benzene rings is 1. The highest BCUT2D eigenvalue weighted by Gasteiger charge is 2.17. The molecule has 0 aliphatic heterocycles. The number of thioether (sulfide) groups is 1. The average molecular weight is 318 g/mol. The lowest BCUT2D eigenvalue weighted by atomic mass is 10.0. The van der Waals surface area contributed by atoms with Crippen LogP contribution in [0, 0.1) is 0 Å². The van der Waals surface area contributed by atoms with Crippen molar-refractivity contribution in [3.05, 3.63) is 50.1 Å². The van der Waals surface area contributed by atoms with Crippen molar-refractivity contribution in [2.75, 3.05) is 13.3 Å². The van der Waals surface area contributed by atoms with Crippen LogP contribution in [0.2, 0.25) is 8.67 Å². The molecule has 1 aromatic heterocycles. The van der Waals surface area contributed by atoms with Crippen LogP contribution in [0.3, 0.4) is 0 Å². The molecule has 0 saturated carbocycles. The molecule has 2 aromatic rings. The van der Waals surface area contributed by atoms with Crippen molar-refractivity contribution in [2.45, 2.75) is 10.9 Å². The van der Waals surface area contributed by atoms with Gasteiger partial charge < -0.3 is 5.32 Å². The fourth-order valence-corrected chi connectivity index (χ4v) is 3.79. The van der Waals surface area contributed by atoms with Crippen LogP contribution < -0.4 is 5.32 Å². The Bertz CT molecular complexity index is 522. The van der Waals surface area contributed by atoms with Crippen LogP contribution in [0.4, 0.5) is 0 Å². The third kappa shape index (κ3) is 3.03. The minimum absolute atomic E-state index is 0.0807. The molecule has 0 amide bonds. The van der Waals surface area contributed by atoms with Gasteiger partial charge in [0.05, 0.1) is 14.7 Å². The summed E-state index contributed by atoms with van der Waals surface area (Å²) in [4.78, 5) is 1.25. The Morgan fingerprint density at radius 3 is 2.33 bits per heavy atom. The fraction of sp³-hybridized carbons (Fsp3) is 0.231. The van der Waals surface area contributed by atoms with Gasteiger partial charge in [0.25, 0.3) is 0 Å². The molecule has 1 heterocycles. The lowest BCUT2D eigenvalue weighted by Gasteiger charge is -2.16. The van der Waals surface area contributed by atoms with Crippen molar-refractivity contribution in [2.24, 2.45) is 0 Å². The van der Waals surface area contributed by atoms with Gasteiger partial charge in [-0.05, 0) is 37.1 Å². The van der Waals surface area contributed by atoms with Crippen LogP contribution in [-0.4, -0.2) is 13.3 Å². The summed E-state index contributed by atoms with van der Waals surface area (Å²) in [7, 11) is 1.93. The van der Waals surface area contributed by atoms with Gasteiger partial charge in [-0.1, -0.05) is 35.3 Å². The van der Waals surface area contributed by atoms with E-state index in [1.807, 2.05) is 13.1 Å². The molecule has 5 heteroatoms. The zero-order valence-corrected chi connectivity index (χ0v) is 13.2. The first kappa shape index (κ1) is 14.2. The summed E-state index contributed by atoms with van der Waals surface area (Å²) in [5, 5.41) is 3.28. The van der Waals surface area contributed by atoms with Gasteiger partial charge in [0, 0.05) is 10.5 Å². The maximum absolute atomic E-state index is 6.22. The lowest BCUT2D eigenvalue weighted by Crippen LogP contribution is -2.17. The third-order valence-corrected chi connectivity index (χ3v) is 4.99. The molecule has 0 bridgehead atoms. The van der Waals surface area contributed by atoms with Crippen molar-refractivity contribution in [3.63, 3.8) is 0 Å². The van der Waals surface area contributed by atoms with Gasteiger partial charge in [-0.25, -0.2) is 0 Å². The molecular weight excluding hydrogens is 305 g/mol. The van der Waals surface area contributed by atoms with E-state index in [0.29, 0.717) is 0 Å². The highest BCUT2D eigenvalue weighted by Crippen LogP contribution is 2.37. The maximum atomic E-state index is 6.22. The number of nitrogens with one attached hydrogen (secondary N) is 1. The first-order chi connectivity index (χ1) is 8.65. The highest BCUT2D eigenvalue weighted by molar-refractivity contribution is 7.98. The Labute approximate surface area is 126 Å². The van der Waals surface area contributed by atoms with Crippen LogP contribution in [0.15, 0.2) is 35.2 Å². The second-order valence-corrected chi connectivity index (χ2v) is 6.94. The predicted octanol–water partition coefficient (Wildman–Crippen LogP) is 5.09. The molecule has 2 rings (SSSR count). The summed E-state index contributed by atoms with van der Waals surface area (Å²) in [6.07, 6.45) is 2.07. The Balaban J connectivity index is 2.35. The minimum atomic E-state index is 0.0807. The van der Waals surface area contributed by atoms with Gasteiger partial charge in [-0.3, -0.25) is 0 Å². The van der Waals surface area contributed by atoms with E-state index < -0.39 is 0 Å². The van der Waals surface area contributed by atoms with Gasteiger partial charge in [0.2, 0.25) is 0 Å². The van der Waals surface area contributed by atoms with Crippen LogP contribution in [0.1, 0.15) is 17.2 Å². The molecule has 1 aromatic carbocycles. The topological polar surface area (TPSA) is 12.0 Å². The van der Waals surface area contributed by atoms with Crippen molar-refractivity contribution in [1.82, 2.24) is 5.32 Å². The van der Waals surface area contributed by atoms with E-state index in [4.69, 9.17) is 23.2 Å². The fourth-order valence-electron chi connectivity index (χ4n) is 1.85. The molecule has 1 N–H and O–H groups in total. The van der Waals surface area contributed by atoms with Gasteiger partial charge in [-0.15, -0.1) is 23.1 Å². The van der Waals surface area contributed by atoms with Crippen LogP contribution in [-0.2, 0) is 0 Å². The zero-order chi connectivity index (χ0) is 13.1. The predicted molar refractivity (Wildman–Crippen MR) is 83.5 cm³/mol. The van der Waals surface area contributed by atoms with Gasteiger partial charge in [0.15, 0.2) is 0 Å². The molecule has 1 nitrogen and oxygen atoms in total. The number of hydrogen-bond donors (Lipinski definition) is 1. The van der Waals surface area contributed by atoms with E-state index in [1.165, 1.54) is 21.8 Å². The molecule has 18 heavy (non-hydrogen) atoms. The van der Waals surface area contributed by atoms with Crippen molar-refractivity contribution < 1.29 is 0 Å². The molecule has 1 unspecified atom stereocenters. The molecule has 0 fully saturated rings. The molecule has 1 atom stereocenters. The third-order valence-electron chi connectivity index (χ3n) is 2.73. The molecule has 96 valence electrons. The summed E-state index contributed by atoms with van der Waals surface area (Å²) >= 11 is 15.4. The summed E-state index contributed by atoms with van der Waals surface area (Å²) < 4.78 is 1.46. The van der Waals surface area contributed by atoms with E-state index in [9.17, 15) is 0 Å². The SMILES string of the molecule is CNC(c1ccc(SC)cc1)c1cc(Cl)sc1Cl. The number of hydrogen-bond acceptors (Lipinski definition) is 3. The van der Waals surface area contributed by atoms with Crippen molar-refractivity contribution >= 4 is 46.3 Å². The van der Waals surface area contributed by atoms with E-state index >= 15 is 0 Å². The van der Waals surface area contributed by atoms with Crippen LogP contribution in [0.25, 0.3) is 0 Å². The average Bonchev–Trinajstić information content (AvgIpc) is 2.70. The summed E-state index contributed by atoms with van der Waals surface area (Å²) in [5.41, 5.74) is 2.22. The van der Waals surface area contributed by atoms with Gasteiger partial charge in [-0.2, -0.15) is 0 Å². The van der Waals surface area contributed by atoms with E-state index in [2.05, 4.69) is 35.8 Å². The molecule has 0 aliphatic carbocycles. The van der Waals surface area contributed by atoms with Crippen molar-refractivity contribution in [3.8, 4) is 0 Å². The monoisotopic (exact) mass is 317 g/mol. The summed E-state index contributed by atoms with van der Waals surface area (Å²) in [6.45, 7) is 0. The first-order valence-corrected chi connectivity index (χ1v) is 8.21. The van der Waals surface area contributed by atoms with Crippen LogP contribution in [0.5, 0.6) is 0 Å².